The molecule has 1 fully saturated rings. The number of anilines is 2. The molecule has 1 aliphatic rings. The SMILES string of the molecule is CN(C(=O)C1CC1)c1ccc2ncc(-c3cccc(N)c3)n2c1. The molecule has 0 radical (unpaired) electrons. The lowest BCUT2D eigenvalue weighted by Gasteiger charge is -2.17. The summed E-state index contributed by atoms with van der Waals surface area (Å²) < 4.78 is 2.00. The van der Waals surface area contributed by atoms with Crippen LogP contribution in [0.2, 0.25) is 0 Å². The van der Waals surface area contributed by atoms with Crippen LogP contribution in [0.25, 0.3) is 16.9 Å². The first-order chi connectivity index (χ1) is 11.1. The number of hydrogen-bond acceptors (Lipinski definition) is 3. The zero-order valence-corrected chi connectivity index (χ0v) is 12.9. The number of nitrogen functional groups attached to an aromatic ring is 1. The minimum Gasteiger partial charge on any atom is -0.399 e. The Morgan fingerprint density at radius 1 is 1.30 bits per heavy atom. The largest absolute Gasteiger partial charge is 0.399 e. The van der Waals surface area contributed by atoms with Gasteiger partial charge >= 0.3 is 0 Å². The Labute approximate surface area is 134 Å². The van der Waals surface area contributed by atoms with Gasteiger partial charge in [-0.2, -0.15) is 0 Å². The van der Waals surface area contributed by atoms with Gasteiger partial charge in [-0.05, 0) is 37.1 Å². The summed E-state index contributed by atoms with van der Waals surface area (Å²) in [4.78, 5) is 18.4. The predicted octanol–water partition coefficient (Wildman–Crippen LogP) is 2.96. The van der Waals surface area contributed by atoms with Crippen LogP contribution in [0, 0.1) is 5.92 Å². The number of benzene rings is 1. The van der Waals surface area contributed by atoms with Crippen molar-refractivity contribution in [2.24, 2.45) is 5.92 Å². The average molecular weight is 306 g/mol. The van der Waals surface area contributed by atoms with E-state index in [0.717, 1.165) is 41.1 Å². The van der Waals surface area contributed by atoms with Gasteiger partial charge in [0.25, 0.3) is 0 Å². The van der Waals surface area contributed by atoms with Gasteiger partial charge < -0.3 is 10.6 Å². The number of nitrogens with zero attached hydrogens (tertiary/aromatic N) is 3. The number of carbonyl (C=O) groups is 1. The molecule has 1 amide bonds. The molecule has 3 aromatic rings. The highest BCUT2D eigenvalue weighted by Crippen LogP contribution is 2.32. The highest BCUT2D eigenvalue weighted by Gasteiger charge is 2.32. The van der Waals surface area contributed by atoms with Crippen molar-refractivity contribution in [3.8, 4) is 11.3 Å². The van der Waals surface area contributed by atoms with Crippen molar-refractivity contribution in [3.05, 3.63) is 48.8 Å². The Balaban J connectivity index is 1.78. The van der Waals surface area contributed by atoms with Crippen LogP contribution < -0.4 is 10.6 Å². The van der Waals surface area contributed by atoms with Gasteiger partial charge in [-0.3, -0.25) is 9.20 Å². The standard InChI is InChI=1S/C18H18N4O/c1-21(18(23)12-5-6-12)15-7-8-17-20-10-16(22(17)11-15)13-3-2-4-14(19)9-13/h2-4,7-12H,5-6,19H2,1H3. The van der Waals surface area contributed by atoms with Crippen molar-refractivity contribution in [2.75, 3.05) is 17.7 Å². The number of nitrogens with two attached hydrogens (primary N) is 1. The Hall–Kier alpha value is -2.82. The van der Waals surface area contributed by atoms with E-state index in [1.54, 1.807) is 4.90 Å². The van der Waals surface area contributed by atoms with Gasteiger partial charge in [0, 0.05) is 30.4 Å². The van der Waals surface area contributed by atoms with Gasteiger partial charge in [-0.1, -0.05) is 12.1 Å². The van der Waals surface area contributed by atoms with E-state index in [1.807, 2.05) is 60.2 Å². The molecule has 0 aliphatic heterocycles. The van der Waals surface area contributed by atoms with Crippen molar-refractivity contribution in [2.45, 2.75) is 12.8 Å². The van der Waals surface area contributed by atoms with Crippen molar-refractivity contribution >= 4 is 22.9 Å². The number of aromatic nitrogens is 2. The normalized spacial score (nSPS) is 14.1. The van der Waals surface area contributed by atoms with Gasteiger partial charge in [0.2, 0.25) is 5.91 Å². The van der Waals surface area contributed by atoms with Crippen molar-refractivity contribution in [1.82, 2.24) is 9.38 Å². The quantitative estimate of drug-likeness (QED) is 0.757. The molecule has 0 spiro atoms. The third-order valence-corrected chi connectivity index (χ3v) is 4.32. The fraction of sp³-hybridized carbons (Fsp3) is 0.222. The highest BCUT2D eigenvalue weighted by atomic mass is 16.2. The molecule has 5 heteroatoms. The van der Waals surface area contributed by atoms with Crippen LogP contribution in [0.15, 0.2) is 48.8 Å². The van der Waals surface area contributed by atoms with E-state index < -0.39 is 0 Å². The van der Waals surface area contributed by atoms with E-state index in [0.29, 0.717) is 0 Å². The topological polar surface area (TPSA) is 63.6 Å². The lowest BCUT2D eigenvalue weighted by molar-refractivity contribution is -0.119. The van der Waals surface area contributed by atoms with Crippen LogP contribution in [-0.4, -0.2) is 22.3 Å². The Morgan fingerprint density at radius 3 is 2.87 bits per heavy atom. The summed E-state index contributed by atoms with van der Waals surface area (Å²) in [5, 5.41) is 0. The second-order valence-electron chi connectivity index (χ2n) is 6.06. The van der Waals surface area contributed by atoms with Crippen LogP contribution in [0.4, 0.5) is 11.4 Å². The van der Waals surface area contributed by atoms with Crippen molar-refractivity contribution < 1.29 is 4.79 Å². The van der Waals surface area contributed by atoms with Crippen LogP contribution in [0.1, 0.15) is 12.8 Å². The highest BCUT2D eigenvalue weighted by molar-refractivity contribution is 5.96. The van der Waals surface area contributed by atoms with Gasteiger partial charge in [0.05, 0.1) is 17.6 Å². The molecule has 0 atom stereocenters. The summed E-state index contributed by atoms with van der Waals surface area (Å²) in [7, 11) is 1.83. The molecular weight excluding hydrogens is 288 g/mol. The molecule has 4 rings (SSSR count). The van der Waals surface area contributed by atoms with Crippen LogP contribution in [0.3, 0.4) is 0 Å². The van der Waals surface area contributed by atoms with Crippen molar-refractivity contribution in [3.63, 3.8) is 0 Å². The summed E-state index contributed by atoms with van der Waals surface area (Å²) in [6.07, 6.45) is 5.80. The third kappa shape index (κ3) is 2.44. The van der Waals surface area contributed by atoms with Crippen LogP contribution in [-0.2, 0) is 4.79 Å². The number of amides is 1. The molecule has 0 unspecified atom stereocenters. The summed E-state index contributed by atoms with van der Waals surface area (Å²) in [5.74, 6) is 0.391. The van der Waals surface area contributed by atoms with E-state index in [4.69, 9.17) is 5.73 Å². The van der Waals surface area contributed by atoms with E-state index in [-0.39, 0.29) is 11.8 Å². The lowest BCUT2D eigenvalue weighted by atomic mass is 10.1. The van der Waals surface area contributed by atoms with Gasteiger partial charge in [-0.15, -0.1) is 0 Å². The first-order valence-electron chi connectivity index (χ1n) is 7.74. The smallest absolute Gasteiger partial charge is 0.229 e. The van der Waals surface area contributed by atoms with Crippen LogP contribution >= 0.6 is 0 Å². The van der Waals surface area contributed by atoms with Gasteiger partial charge in [0.1, 0.15) is 5.65 Å². The molecule has 1 saturated carbocycles. The van der Waals surface area contributed by atoms with E-state index in [2.05, 4.69) is 4.98 Å². The molecule has 23 heavy (non-hydrogen) atoms. The first-order valence-corrected chi connectivity index (χ1v) is 7.74. The maximum atomic E-state index is 12.3. The molecule has 116 valence electrons. The van der Waals surface area contributed by atoms with Gasteiger partial charge in [0.15, 0.2) is 0 Å². The number of hydrogen-bond donors (Lipinski definition) is 1. The number of pyridine rings is 1. The van der Waals surface area contributed by atoms with E-state index in [9.17, 15) is 4.79 Å². The Kier molecular flexibility index (Phi) is 3.08. The zero-order valence-electron chi connectivity index (χ0n) is 12.9. The first kappa shape index (κ1) is 13.8. The molecule has 0 bridgehead atoms. The fourth-order valence-electron chi connectivity index (χ4n) is 2.81. The zero-order chi connectivity index (χ0) is 16.0. The molecular formula is C18H18N4O. The minimum absolute atomic E-state index is 0.190. The number of fused-ring (bicyclic) bond motifs is 1. The monoisotopic (exact) mass is 306 g/mol. The van der Waals surface area contributed by atoms with Crippen molar-refractivity contribution in [1.29, 1.82) is 0 Å². The predicted molar refractivity (Wildman–Crippen MR) is 91.2 cm³/mol. The molecule has 5 nitrogen and oxygen atoms in total. The maximum absolute atomic E-state index is 12.3. The fourth-order valence-corrected chi connectivity index (χ4v) is 2.81. The van der Waals surface area contributed by atoms with Crippen LogP contribution in [0.5, 0.6) is 0 Å². The molecule has 1 aliphatic carbocycles. The maximum Gasteiger partial charge on any atom is 0.229 e. The van der Waals surface area contributed by atoms with E-state index in [1.165, 1.54) is 0 Å². The molecule has 2 aromatic heterocycles. The second-order valence-corrected chi connectivity index (χ2v) is 6.06. The number of carbonyl (C=O) groups excluding carboxylic acids is 1. The van der Waals surface area contributed by atoms with Gasteiger partial charge in [-0.25, -0.2) is 4.98 Å². The average Bonchev–Trinajstić information content (AvgIpc) is 3.32. The molecule has 2 heterocycles. The third-order valence-electron chi connectivity index (χ3n) is 4.32. The summed E-state index contributed by atoms with van der Waals surface area (Å²) >= 11 is 0. The molecule has 2 N–H and O–H groups in total. The Bertz CT molecular complexity index is 895. The summed E-state index contributed by atoms with van der Waals surface area (Å²) in [6, 6.07) is 11.6. The Morgan fingerprint density at radius 2 is 2.13 bits per heavy atom. The molecule has 1 aromatic carbocycles. The summed E-state index contributed by atoms with van der Waals surface area (Å²) in [5.41, 5.74) is 10.3. The number of imidazole rings is 1. The number of rotatable bonds is 3. The van der Waals surface area contributed by atoms with E-state index >= 15 is 0 Å². The second kappa shape index (κ2) is 5.12. The lowest BCUT2D eigenvalue weighted by Crippen LogP contribution is -2.27. The summed E-state index contributed by atoms with van der Waals surface area (Å²) in [6.45, 7) is 0. The minimum atomic E-state index is 0.190. The molecule has 0 saturated heterocycles.